The Morgan fingerprint density at radius 2 is 1.41 bits per heavy atom. The molecule has 0 amide bonds. The highest BCUT2D eigenvalue weighted by molar-refractivity contribution is 5.28. The molecular formula is C14H14O3. The normalized spacial score (nSPS) is 10.2. The van der Waals surface area contributed by atoms with Gasteiger partial charge in [-0.1, -0.05) is 24.3 Å². The largest absolute Gasteiger partial charge is 0.508 e. The summed E-state index contributed by atoms with van der Waals surface area (Å²) in [6.07, 6.45) is 0. The summed E-state index contributed by atoms with van der Waals surface area (Å²) in [5.74, 6) is 1.01. The van der Waals surface area contributed by atoms with Crippen molar-refractivity contribution >= 4 is 0 Å². The second kappa shape index (κ2) is 5.37. The quantitative estimate of drug-likeness (QED) is 0.848. The molecule has 0 aliphatic carbocycles. The summed E-state index contributed by atoms with van der Waals surface area (Å²) >= 11 is 0. The van der Waals surface area contributed by atoms with E-state index < -0.39 is 0 Å². The number of phenols is 1. The van der Waals surface area contributed by atoms with E-state index >= 15 is 0 Å². The van der Waals surface area contributed by atoms with Crippen LogP contribution in [0.25, 0.3) is 0 Å². The minimum absolute atomic E-state index is 0.0399. The van der Waals surface area contributed by atoms with Gasteiger partial charge in [0.2, 0.25) is 0 Å². The van der Waals surface area contributed by atoms with Crippen LogP contribution in [0.2, 0.25) is 0 Å². The Hall–Kier alpha value is -2.00. The highest BCUT2D eigenvalue weighted by Gasteiger charge is 1.97. The SMILES string of the molecule is OCc1ccc(OCc2ccc(O)cc2)cc1. The van der Waals surface area contributed by atoms with Crippen molar-refractivity contribution in [3.05, 3.63) is 59.7 Å². The molecule has 0 heterocycles. The Morgan fingerprint density at radius 3 is 2.00 bits per heavy atom. The first-order valence-corrected chi connectivity index (χ1v) is 5.38. The van der Waals surface area contributed by atoms with Crippen LogP contribution >= 0.6 is 0 Å². The Morgan fingerprint density at radius 1 is 0.824 bits per heavy atom. The van der Waals surface area contributed by atoms with E-state index in [0.29, 0.717) is 6.61 Å². The summed E-state index contributed by atoms with van der Waals surface area (Å²) in [5.41, 5.74) is 1.86. The van der Waals surface area contributed by atoms with Gasteiger partial charge in [-0.05, 0) is 35.4 Å². The fraction of sp³-hybridized carbons (Fsp3) is 0.143. The molecule has 0 unspecified atom stereocenters. The average Bonchev–Trinajstić information content (AvgIpc) is 2.39. The van der Waals surface area contributed by atoms with Gasteiger partial charge in [-0.25, -0.2) is 0 Å². The molecule has 88 valence electrons. The smallest absolute Gasteiger partial charge is 0.119 e. The molecule has 0 saturated heterocycles. The van der Waals surface area contributed by atoms with Crippen LogP contribution in [0, 0.1) is 0 Å². The van der Waals surface area contributed by atoms with Crippen molar-refractivity contribution in [1.82, 2.24) is 0 Å². The number of ether oxygens (including phenoxy) is 1. The van der Waals surface area contributed by atoms with Crippen molar-refractivity contribution in [2.45, 2.75) is 13.2 Å². The van der Waals surface area contributed by atoms with E-state index in [1.54, 1.807) is 12.1 Å². The second-order valence-corrected chi connectivity index (χ2v) is 3.76. The lowest BCUT2D eigenvalue weighted by molar-refractivity contribution is 0.280. The highest BCUT2D eigenvalue weighted by atomic mass is 16.5. The number of phenolic OH excluding ortho intramolecular Hbond substituents is 1. The summed E-state index contributed by atoms with van der Waals surface area (Å²) < 4.78 is 5.57. The van der Waals surface area contributed by atoms with Gasteiger partial charge >= 0.3 is 0 Å². The topological polar surface area (TPSA) is 49.7 Å². The van der Waals surface area contributed by atoms with Crippen LogP contribution in [0.15, 0.2) is 48.5 Å². The van der Waals surface area contributed by atoms with Gasteiger partial charge < -0.3 is 14.9 Å². The monoisotopic (exact) mass is 230 g/mol. The molecule has 2 rings (SSSR count). The van der Waals surface area contributed by atoms with Crippen molar-refractivity contribution < 1.29 is 14.9 Å². The van der Waals surface area contributed by atoms with E-state index in [1.165, 1.54) is 0 Å². The molecule has 0 fully saturated rings. The first-order valence-electron chi connectivity index (χ1n) is 5.38. The predicted octanol–water partition coefficient (Wildman–Crippen LogP) is 2.46. The number of hydrogen-bond donors (Lipinski definition) is 2. The molecule has 2 aromatic rings. The zero-order chi connectivity index (χ0) is 12.1. The maximum Gasteiger partial charge on any atom is 0.119 e. The summed E-state index contributed by atoms with van der Waals surface area (Å²) in [6.45, 7) is 0.497. The first kappa shape index (κ1) is 11.5. The van der Waals surface area contributed by atoms with Gasteiger partial charge in [-0.15, -0.1) is 0 Å². The lowest BCUT2D eigenvalue weighted by Gasteiger charge is -2.06. The number of benzene rings is 2. The average molecular weight is 230 g/mol. The molecule has 17 heavy (non-hydrogen) atoms. The van der Waals surface area contributed by atoms with Crippen LogP contribution in [0.5, 0.6) is 11.5 Å². The highest BCUT2D eigenvalue weighted by Crippen LogP contribution is 2.15. The Bertz CT molecular complexity index is 460. The van der Waals surface area contributed by atoms with Crippen LogP contribution < -0.4 is 4.74 Å². The second-order valence-electron chi connectivity index (χ2n) is 3.76. The summed E-state index contributed by atoms with van der Waals surface area (Å²) in [4.78, 5) is 0. The molecular weight excluding hydrogens is 216 g/mol. The van der Waals surface area contributed by atoms with Crippen molar-refractivity contribution in [3.63, 3.8) is 0 Å². The number of rotatable bonds is 4. The van der Waals surface area contributed by atoms with Gasteiger partial charge in [0.05, 0.1) is 6.61 Å². The third kappa shape index (κ3) is 3.23. The summed E-state index contributed by atoms with van der Waals surface area (Å²) in [7, 11) is 0. The molecule has 0 bridgehead atoms. The molecule has 0 aliphatic heterocycles. The Labute approximate surface area is 99.9 Å². The molecule has 0 aromatic heterocycles. The molecule has 0 spiro atoms. The number of aliphatic hydroxyl groups excluding tert-OH is 1. The molecule has 3 nitrogen and oxygen atoms in total. The van der Waals surface area contributed by atoms with Crippen molar-refractivity contribution in [1.29, 1.82) is 0 Å². The van der Waals surface area contributed by atoms with Crippen LogP contribution in [0.3, 0.4) is 0 Å². The van der Waals surface area contributed by atoms with Crippen LogP contribution in [0.4, 0.5) is 0 Å². The van der Waals surface area contributed by atoms with Gasteiger partial charge in [-0.2, -0.15) is 0 Å². The molecule has 2 aromatic carbocycles. The minimum Gasteiger partial charge on any atom is -0.508 e. The molecule has 0 radical (unpaired) electrons. The number of aliphatic hydroxyl groups is 1. The first-order chi connectivity index (χ1) is 8.28. The van der Waals surface area contributed by atoms with Gasteiger partial charge in [0, 0.05) is 0 Å². The third-order valence-corrected chi connectivity index (χ3v) is 2.45. The maximum absolute atomic E-state index is 9.14. The zero-order valence-electron chi connectivity index (χ0n) is 9.34. The fourth-order valence-corrected chi connectivity index (χ4v) is 1.45. The lowest BCUT2D eigenvalue weighted by Crippen LogP contribution is -1.95. The molecule has 0 saturated carbocycles. The maximum atomic E-state index is 9.14. The van der Waals surface area contributed by atoms with Crippen molar-refractivity contribution in [2.75, 3.05) is 0 Å². The van der Waals surface area contributed by atoms with Gasteiger partial charge in [0.1, 0.15) is 18.1 Å². The third-order valence-electron chi connectivity index (χ3n) is 2.45. The predicted molar refractivity (Wildman–Crippen MR) is 64.8 cm³/mol. The van der Waals surface area contributed by atoms with E-state index in [4.69, 9.17) is 14.9 Å². The molecule has 0 atom stereocenters. The van der Waals surface area contributed by atoms with Crippen molar-refractivity contribution in [3.8, 4) is 11.5 Å². The summed E-state index contributed by atoms with van der Waals surface area (Å²) in [6, 6.07) is 14.2. The van der Waals surface area contributed by atoms with Crippen LogP contribution in [-0.4, -0.2) is 10.2 Å². The number of hydrogen-bond acceptors (Lipinski definition) is 3. The minimum atomic E-state index is 0.0399. The Kier molecular flexibility index (Phi) is 3.62. The van der Waals surface area contributed by atoms with Crippen molar-refractivity contribution in [2.24, 2.45) is 0 Å². The van der Waals surface area contributed by atoms with Crippen LogP contribution in [0.1, 0.15) is 11.1 Å². The van der Waals surface area contributed by atoms with E-state index in [9.17, 15) is 0 Å². The zero-order valence-corrected chi connectivity index (χ0v) is 9.34. The van der Waals surface area contributed by atoms with E-state index in [1.807, 2.05) is 36.4 Å². The number of aromatic hydroxyl groups is 1. The van der Waals surface area contributed by atoms with E-state index in [0.717, 1.165) is 16.9 Å². The van der Waals surface area contributed by atoms with Gasteiger partial charge in [-0.3, -0.25) is 0 Å². The Balaban J connectivity index is 1.95. The van der Waals surface area contributed by atoms with Gasteiger partial charge in [0.15, 0.2) is 0 Å². The standard InChI is InChI=1S/C14H14O3/c15-9-11-3-7-14(8-4-11)17-10-12-1-5-13(16)6-2-12/h1-8,15-16H,9-10H2. The van der Waals surface area contributed by atoms with Gasteiger partial charge in [0.25, 0.3) is 0 Å². The molecule has 0 aliphatic rings. The fourth-order valence-electron chi connectivity index (χ4n) is 1.45. The van der Waals surface area contributed by atoms with E-state index in [-0.39, 0.29) is 12.4 Å². The van der Waals surface area contributed by atoms with Crippen LogP contribution in [-0.2, 0) is 13.2 Å². The van der Waals surface area contributed by atoms with E-state index in [2.05, 4.69) is 0 Å². The molecule has 3 heteroatoms. The summed E-state index contributed by atoms with van der Waals surface area (Å²) in [5, 5.41) is 18.0. The lowest BCUT2D eigenvalue weighted by atomic mass is 10.2. The molecule has 2 N–H and O–H groups in total.